The second-order valence-electron chi connectivity index (χ2n) is 5.54. The van der Waals surface area contributed by atoms with E-state index in [4.69, 9.17) is 5.21 Å². The van der Waals surface area contributed by atoms with Crippen molar-refractivity contribution in [1.82, 2.24) is 10.5 Å². The van der Waals surface area contributed by atoms with Crippen LogP contribution in [0.5, 0.6) is 0 Å². The van der Waals surface area contributed by atoms with Crippen LogP contribution in [-0.2, 0) is 4.79 Å². The molecule has 3 rings (SSSR count). The number of fused-ring (bicyclic) bond motifs is 1. The van der Waals surface area contributed by atoms with Crippen molar-refractivity contribution in [3.05, 3.63) is 52.6 Å². The molecular formula is C16H14N2O5. The van der Waals surface area contributed by atoms with Crippen LogP contribution in [0.15, 0.2) is 35.9 Å². The largest absolute Gasteiger partial charge is 0.288 e. The van der Waals surface area contributed by atoms with Gasteiger partial charge in [0.05, 0.1) is 11.1 Å². The van der Waals surface area contributed by atoms with E-state index >= 15 is 0 Å². The number of allylic oxidation sites excluding steroid dienone is 3. The second-order valence-corrected chi connectivity index (χ2v) is 5.54. The predicted molar refractivity (Wildman–Crippen MR) is 78.5 cm³/mol. The Morgan fingerprint density at radius 1 is 1.22 bits per heavy atom. The highest BCUT2D eigenvalue weighted by Crippen LogP contribution is 2.33. The molecule has 23 heavy (non-hydrogen) atoms. The molecule has 1 aliphatic heterocycles. The summed E-state index contributed by atoms with van der Waals surface area (Å²) in [6.45, 7) is 1.85. The predicted octanol–water partition coefficient (Wildman–Crippen LogP) is 1.53. The number of imide groups is 1. The first-order valence-electron chi connectivity index (χ1n) is 7.01. The number of hydroxylamine groups is 3. The summed E-state index contributed by atoms with van der Waals surface area (Å²) in [5.74, 6) is -2.13. The molecule has 7 nitrogen and oxygen atoms in total. The van der Waals surface area contributed by atoms with Gasteiger partial charge >= 0.3 is 0 Å². The first-order chi connectivity index (χ1) is 10.9. The third kappa shape index (κ3) is 2.36. The third-order valence-corrected chi connectivity index (χ3v) is 4.12. The summed E-state index contributed by atoms with van der Waals surface area (Å²) in [6, 6.07) is 4.77. The van der Waals surface area contributed by atoms with Crippen molar-refractivity contribution < 1.29 is 24.8 Å². The molecule has 0 saturated carbocycles. The molecule has 118 valence electrons. The Kier molecular flexibility index (Phi) is 3.59. The average molecular weight is 314 g/mol. The number of amides is 3. The van der Waals surface area contributed by atoms with Crippen LogP contribution in [0.3, 0.4) is 0 Å². The number of hydrogen-bond donors (Lipinski definition) is 3. The van der Waals surface area contributed by atoms with Crippen molar-refractivity contribution in [2.45, 2.75) is 13.3 Å². The first-order valence-corrected chi connectivity index (χ1v) is 7.01. The summed E-state index contributed by atoms with van der Waals surface area (Å²) in [6.07, 6.45) is 3.90. The molecule has 2 aliphatic rings. The van der Waals surface area contributed by atoms with Gasteiger partial charge in [0.15, 0.2) is 0 Å². The van der Waals surface area contributed by atoms with Crippen LogP contribution in [0.1, 0.15) is 39.6 Å². The molecule has 1 aromatic carbocycles. The zero-order valence-electron chi connectivity index (χ0n) is 12.2. The van der Waals surface area contributed by atoms with E-state index in [-0.39, 0.29) is 22.1 Å². The van der Waals surface area contributed by atoms with Crippen molar-refractivity contribution in [2.24, 2.45) is 5.92 Å². The summed E-state index contributed by atoms with van der Waals surface area (Å²) < 4.78 is 0. The van der Waals surface area contributed by atoms with Gasteiger partial charge in [0, 0.05) is 5.57 Å². The summed E-state index contributed by atoms with van der Waals surface area (Å²) in [5.41, 5.74) is 4.04. The number of hydrogen-bond acceptors (Lipinski definition) is 5. The lowest BCUT2D eigenvalue weighted by Crippen LogP contribution is -2.25. The fourth-order valence-electron chi connectivity index (χ4n) is 2.87. The van der Waals surface area contributed by atoms with Gasteiger partial charge in [-0.3, -0.25) is 24.8 Å². The Morgan fingerprint density at radius 2 is 1.91 bits per heavy atom. The van der Waals surface area contributed by atoms with Gasteiger partial charge in [-0.2, -0.15) is 0 Å². The standard InChI is InChI=1S/C16H14N2O5/c1-8-6-9(2-4-11(8)14(19)17-22)10-3-5-12-13(7-10)16(21)18(23)15(12)20/h2-5,7-8,22-23H,6H2,1H3,(H,17,19). The molecule has 3 N–H and O–H groups in total. The maximum absolute atomic E-state index is 11.8. The quantitative estimate of drug-likeness (QED) is 0.436. The van der Waals surface area contributed by atoms with Crippen LogP contribution in [-0.4, -0.2) is 33.2 Å². The molecule has 0 aromatic heterocycles. The SMILES string of the molecule is CC1CC(c2ccc3c(c2)C(=O)N(O)C3=O)=CC=C1C(=O)NO. The zero-order chi connectivity index (χ0) is 16.7. The fourth-order valence-corrected chi connectivity index (χ4v) is 2.87. The molecule has 1 atom stereocenters. The topological polar surface area (TPSA) is 107 Å². The Balaban J connectivity index is 1.98. The van der Waals surface area contributed by atoms with Crippen LogP contribution >= 0.6 is 0 Å². The monoisotopic (exact) mass is 314 g/mol. The van der Waals surface area contributed by atoms with E-state index in [1.54, 1.807) is 29.8 Å². The summed E-state index contributed by atoms with van der Waals surface area (Å²) >= 11 is 0. The van der Waals surface area contributed by atoms with E-state index in [2.05, 4.69) is 0 Å². The van der Waals surface area contributed by atoms with Crippen molar-refractivity contribution in [2.75, 3.05) is 0 Å². The molecule has 0 bridgehead atoms. The lowest BCUT2D eigenvalue weighted by atomic mass is 9.84. The molecule has 1 heterocycles. The maximum atomic E-state index is 11.8. The van der Waals surface area contributed by atoms with E-state index < -0.39 is 17.7 Å². The van der Waals surface area contributed by atoms with Gasteiger partial charge in [0.1, 0.15) is 0 Å². The van der Waals surface area contributed by atoms with Gasteiger partial charge < -0.3 is 0 Å². The Bertz CT molecular complexity index is 794. The lowest BCUT2D eigenvalue weighted by molar-refractivity contribution is -0.125. The third-order valence-electron chi connectivity index (χ3n) is 4.12. The Hall–Kier alpha value is -2.77. The number of nitrogens with zero attached hydrogens (tertiary/aromatic N) is 1. The summed E-state index contributed by atoms with van der Waals surface area (Å²) in [4.78, 5) is 35.0. The zero-order valence-corrected chi connectivity index (χ0v) is 12.2. The number of benzene rings is 1. The number of carbonyl (C=O) groups is 3. The minimum atomic E-state index is -0.743. The first kappa shape index (κ1) is 15.1. The van der Waals surface area contributed by atoms with Crippen LogP contribution in [0.2, 0.25) is 0 Å². The molecule has 1 aliphatic carbocycles. The normalized spacial score (nSPS) is 20.1. The maximum Gasteiger partial charge on any atom is 0.285 e. The number of nitrogens with one attached hydrogen (secondary N) is 1. The van der Waals surface area contributed by atoms with Crippen LogP contribution in [0, 0.1) is 5.92 Å². The van der Waals surface area contributed by atoms with Crippen LogP contribution < -0.4 is 5.48 Å². The molecule has 0 fully saturated rings. The van der Waals surface area contributed by atoms with Gasteiger partial charge in [-0.1, -0.05) is 25.1 Å². The number of rotatable bonds is 2. The van der Waals surface area contributed by atoms with Crippen molar-refractivity contribution >= 4 is 23.3 Å². The van der Waals surface area contributed by atoms with Gasteiger partial charge in [-0.25, -0.2) is 5.48 Å². The molecule has 1 unspecified atom stereocenters. The van der Waals surface area contributed by atoms with E-state index in [0.717, 1.165) is 11.1 Å². The lowest BCUT2D eigenvalue weighted by Gasteiger charge is -2.20. The minimum absolute atomic E-state index is 0.107. The van der Waals surface area contributed by atoms with Crippen molar-refractivity contribution in [1.29, 1.82) is 0 Å². The van der Waals surface area contributed by atoms with Crippen LogP contribution in [0.4, 0.5) is 0 Å². The van der Waals surface area contributed by atoms with E-state index in [9.17, 15) is 19.6 Å². The van der Waals surface area contributed by atoms with Gasteiger partial charge in [0.2, 0.25) is 0 Å². The smallest absolute Gasteiger partial charge is 0.285 e. The molecule has 0 spiro atoms. The van der Waals surface area contributed by atoms with Crippen molar-refractivity contribution in [3.8, 4) is 0 Å². The fraction of sp³-hybridized carbons (Fsp3) is 0.188. The summed E-state index contributed by atoms with van der Waals surface area (Å²) in [5, 5.41) is 18.2. The molecule has 0 radical (unpaired) electrons. The molecule has 7 heteroatoms. The van der Waals surface area contributed by atoms with Gasteiger partial charge in [0.25, 0.3) is 17.7 Å². The molecule has 3 amide bonds. The highest BCUT2D eigenvalue weighted by molar-refractivity contribution is 6.20. The highest BCUT2D eigenvalue weighted by atomic mass is 16.5. The average Bonchev–Trinajstić information content (AvgIpc) is 2.78. The number of carbonyl (C=O) groups excluding carboxylic acids is 3. The molecular weight excluding hydrogens is 300 g/mol. The van der Waals surface area contributed by atoms with E-state index in [0.29, 0.717) is 12.0 Å². The van der Waals surface area contributed by atoms with E-state index in [1.807, 2.05) is 6.92 Å². The highest BCUT2D eigenvalue weighted by Gasteiger charge is 2.35. The van der Waals surface area contributed by atoms with Gasteiger partial charge in [-0.15, -0.1) is 5.06 Å². The van der Waals surface area contributed by atoms with E-state index in [1.165, 1.54) is 6.07 Å². The van der Waals surface area contributed by atoms with Crippen LogP contribution in [0.25, 0.3) is 5.57 Å². The second kappa shape index (κ2) is 5.45. The van der Waals surface area contributed by atoms with Gasteiger partial charge in [-0.05, 0) is 35.6 Å². The Morgan fingerprint density at radius 3 is 2.57 bits per heavy atom. The van der Waals surface area contributed by atoms with Crippen molar-refractivity contribution in [3.63, 3.8) is 0 Å². The minimum Gasteiger partial charge on any atom is -0.288 e. The summed E-state index contributed by atoms with van der Waals surface area (Å²) in [7, 11) is 0. The molecule has 0 saturated heterocycles. The molecule has 1 aromatic rings. The Labute approximate surface area is 131 Å².